The van der Waals surface area contributed by atoms with Crippen molar-refractivity contribution in [1.82, 2.24) is 4.90 Å². The monoisotopic (exact) mass is 492 g/mol. The molecule has 0 aliphatic carbocycles. The number of anilines is 1. The van der Waals surface area contributed by atoms with E-state index in [4.69, 9.17) is 21.1 Å². The van der Waals surface area contributed by atoms with Crippen LogP contribution in [0.15, 0.2) is 46.9 Å². The van der Waals surface area contributed by atoms with Crippen molar-refractivity contribution in [2.45, 2.75) is 25.0 Å². The quantitative estimate of drug-likeness (QED) is 0.568. The Morgan fingerprint density at radius 2 is 1.90 bits per heavy atom. The molecule has 0 atom stereocenters. The Morgan fingerprint density at radius 3 is 2.53 bits per heavy atom. The number of ether oxygens (including phenoxy) is 2. The van der Waals surface area contributed by atoms with Gasteiger partial charge in [0, 0.05) is 42.6 Å². The maximum atomic E-state index is 12.5. The zero-order valence-electron chi connectivity index (χ0n) is 16.6. The summed E-state index contributed by atoms with van der Waals surface area (Å²) in [5.41, 5.74) is 1.90. The Bertz CT molecular complexity index is 958. The van der Waals surface area contributed by atoms with Crippen LogP contribution in [0, 0.1) is 0 Å². The van der Waals surface area contributed by atoms with E-state index >= 15 is 0 Å². The van der Waals surface area contributed by atoms with E-state index in [1.54, 1.807) is 29.2 Å². The topological polar surface area (TPSA) is 59.1 Å². The molecule has 2 heterocycles. The van der Waals surface area contributed by atoms with E-state index < -0.39 is 11.6 Å². The smallest absolute Gasteiger partial charge is 0.415 e. The molecule has 2 aromatic carbocycles. The number of piperidine rings is 1. The SMILES string of the molecule is COC(=O)c1ccc(N2CC3(CCN(Cc4ccc(Cl)c(Br)c4)CC3)OC2=O)cc1. The van der Waals surface area contributed by atoms with Gasteiger partial charge in [0.05, 0.1) is 24.2 Å². The van der Waals surface area contributed by atoms with Gasteiger partial charge in [0.25, 0.3) is 0 Å². The number of rotatable bonds is 4. The summed E-state index contributed by atoms with van der Waals surface area (Å²) >= 11 is 9.55. The summed E-state index contributed by atoms with van der Waals surface area (Å²) in [5.74, 6) is -0.401. The second-order valence-corrected chi connectivity index (χ2v) is 8.96. The summed E-state index contributed by atoms with van der Waals surface area (Å²) in [6.45, 7) is 3.05. The van der Waals surface area contributed by atoms with Crippen LogP contribution >= 0.6 is 27.5 Å². The van der Waals surface area contributed by atoms with Gasteiger partial charge in [0.1, 0.15) is 5.60 Å². The third kappa shape index (κ3) is 4.33. The fourth-order valence-electron chi connectivity index (χ4n) is 3.99. The number of amides is 1. The van der Waals surface area contributed by atoms with Crippen molar-refractivity contribution in [3.8, 4) is 0 Å². The van der Waals surface area contributed by atoms with E-state index in [9.17, 15) is 9.59 Å². The lowest BCUT2D eigenvalue weighted by Gasteiger charge is -2.37. The minimum Gasteiger partial charge on any atom is -0.465 e. The molecule has 1 spiro atoms. The first-order valence-corrected chi connectivity index (χ1v) is 10.9. The molecule has 0 saturated carbocycles. The molecule has 0 aromatic heterocycles. The van der Waals surface area contributed by atoms with Gasteiger partial charge < -0.3 is 9.47 Å². The fourth-order valence-corrected chi connectivity index (χ4v) is 4.54. The summed E-state index contributed by atoms with van der Waals surface area (Å²) in [6, 6.07) is 12.8. The van der Waals surface area contributed by atoms with Gasteiger partial charge in [-0.15, -0.1) is 0 Å². The zero-order valence-corrected chi connectivity index (χ0v) is 18.9. The van der Waals surface area contributed by atoms with E-state index in [1.807, 2.05) is 18.2 Å². The van der Waals surface area contributed by atoms with E-state index in [0.29, 0.717) is 17.1 Å². The second kappa shape index (κ2) is 8.57. The van der Waals surface area contributed by atoms with Gasteiger partial charge in [0.15, 0.2) is 0 Å². The van der Waals surface area contributed by atoms with Crippen LogP contribution in [0.1, 0.15) is 28.8 Å². The Kier molecular flexibility index (Phi) is 6.04. The molecule has 4 rings (SSSR count). The van der Waals surface area contributed by atoms with Gasteiger partial charge in [-0.1, -0.05) is 17.7 Å². The summed E-state index contributed by atoms with van der Waals surface area (Å²) in [4.78, 5) is 28.2. The molecule has 8 heteroatoms. The standard InChI is InChI=1S/C22H22BrClN2O4/c1-29-20(27)16-3-5-17(6-4-16)26-14-22(30-21(26)28)8-10-25(11-9-22)13-15-2-7-19(24)18(23)12-15/h2-7,12H,8-11,13-14H2,1H3. The van der Waals surface area contributed by atoms with Crippen molar-refractivity contribution in [2.75, 3.05) is 31.6 Å². The summed E-state index contributed by atoms with van der Waals surface area (Å²) in [6.07, 6.45) is 1.23. The van der Waals surface area contributed by atoms with Crippen molar-refractivity contribution in [1.29, 1.82) is 0 Å². The van der Waals surface area contributed by atoms with Gasteiger partial charge in [-0.05, 0) is 57.9 Å². The van der Waals surface area contributed by atoms with Crippen molar-refractivity contribution < 1.29 is 19.1 Å². The third-order valence-corrected chi connectivity index (χ3v) is 6.94. The van der Waals surface area contributed by atoms with E-state index in [-0.39, 0.29) is 6.09 Å². The average molecular weight is 494 g/mol. The molecular weight excluding hydrogens is 472 g/mol. The Balaban J connectivity index is 1.38. The number of esters is 1. The van der Waals surface area contributed by atoms with Crippen LogP contribution in [0.25, 0.3) is 0 Å². The summed E-state index contributed by atoms with van der Waals surface area (Å²) in [7, 11) is 1.34. The molecule has 30 heavy (non-hydrogen) atoms. The Hall–Kier alpha value is -2.09. The van der Waals surface area contributed by atoms with Gasteiger partial charge in [-0.25, -0.2) is 9.59 Å². The number of benzene rings is 2. The number of carbonyl (C=O) groups is 2. The molecule has 2 aliphatic rings. The van der Waals surface area contributed by atoms with Crippen LogP contribution in [0.3, 0.4) is 0 Å². The molecule has 2 aromatic rings. The molecular formula is C22H22BrClN2O4. The molecule has 0 radical (unpaired) electrons. The normalized spacial score (nSPS) is 18.5. The minimum atomic E-state index is -0.463. The minimum absolute atomic E-state index is 0.337. The van der Waals surface area contributed by atoms with Crippen molar-refractivity contribution >= 4 is 45.3 Å². The predicted molar refractivity (Wildman–Crippen MR) is 118 cm³/mol. The maximum Gasteiger partial charge on any atom is 0.415 e. The number of likely N-dealkylation sites (tertiary alicyclic amines) is 1. The van der Waals surface area contributed by atoms with Crippen LogP contribution in [0.4, 0.5) is 10.5 Å². The molecule has 1 amide bonds. The summed E-state index contributed by atoms with van der Waals surface area (Å²) in [5, 5.41) is 0.703. The lowest BCUT2D eigenvalue weighted by Crippen LogP contribution is -2.46. The highest BCUT2D eigenvalue weighted by Gasteiger charge is 2.47. The number of carbonyl (C=O) groups excluding carboxylic acids is 2. The van der Waals surface area contributed by atoms with E-state index in [2.05, 4.69) is 20.8 Å². The van der Waals surface area contributed by atoms with Crippen LogP contribution in [0.5, 0.6) is 0 Å². The third-order valence-electron chi connectivity index (χ3n) is 5.73. The lowest BCUT2D eigenvalue weighted by atomic mass is 9.91. The highest BCUT2D eigenvalue weighted by atomic mass is 79.9. The lowest BCUT2D eigenvalue weighted by molar-refractivity contribution is -0.000980. The van der Waals surface area contributed by atoms with Gasteiger partial charge in [0.2, 0.25) is 0 Å². The Labute approximate surface area is 188 Å². The molecule has 0 unspecified atom stereocenters. The molecule has 2 aliphatic heterocycles. The first-order valence-electron chi connectivity index (χ1n) is 9.74. The highest BCUT2D eigenvalue weighted by Crippen LogP contribution is 2.36. The number of halogens is 2. The second-order valence-electron chi connectivity index (χ2n) is 7.70. The maximum absolute atomic E-state index is 12.5. The average Bonchev–Trinajstić information content (AvgIpc) is 3.08. The molecule has 2 fully saturated rings. The van der Waals surface area contributed by atoms with Crippen LogP contribution in [-0.2, 0) is 16.0 Å². The fraction of sp³-hybridized carbons (Fsp3) is 0.364. The van der Waals surface area contributed by atoms with Crippen LogP contribution in [0.2, 0.25) is 5.02 Å². The van der Waals surface area contributed by atoms with Gasteiger partial charge in [-0.2, -0.15) is 0 Å². The van der Waals surface area contributed by atoms with E-state index in [0.717, 1.165) is 42.6 Å². The van der Waals surface area contributed by atoms with Crippen molar-refractivity contribution in [3.63, 3.8) is 0 Å². The van der Waals surface area contributed by atoms with Crippen molar-refractivity contribution in [2.24, 2.45) is 0 Å². The van der Waals surface area contributed by atoms with Crippen molar-refractivity contribution in [3.05, 3.63) is 63.1 Å². The largest absolute Gasteiger partial charge is 0.465 e. The highest BCUT2D eigenvalue weighted by molar-refractivity contribution is 9.10. The molecule has 0 bridgehead atoms. The summed E-state index contributed by atoms with van der Waals surface area (Å²) < 4.78 is 11.4. The zero-order chi connectivity index (χ0) is 21.3. The number of hydrogen-bond acceptors (Lipinski definition) is 5. The number of nitrogens with zero attached hydrogens (tertiary/aromatic N) is 2. The predicted octanol–water partition coefficient (Wildman–Crippen LogP) is 4.88. The Morgan fingerprint density at radius 1 is 1.20 bits per heavy atom. The van der Waals surface area contributed by atoms with E-state index in [1.165, 1.54) is 12.7 Å². The molecule has 0 N–H and O–H groups in total. The number of methoxy groups -OCH3 is 1. The first-order chi connectivity index (χ1) is 14.4. The first kappa shape index (κ1) is 21.2. The van der Waals surface area contributed by atoms with Gasteiger partial charge in [-0.3, -0.25) is 9.80 Å². The number of hydrogen-bond donors (Lipinski definition) is 0. The molecule has 6 nitrogen and oxygen atoms in total. The van der Waals surface area contributed by atoms with Crippen LogP contribution < -0.4 is 4.90 Å². The molecule has 2 saturated heterocycles. The molecule has 158 valence electrons. The van der Waals surface area contributed by atoms with Crippen LogP contribution in [-0.4, -0.2) is 49.3 Å². The van der Waals surface area contributed by atoms with Gasteiger partial charge >= 0.3 is 12.1 Å².